The van der Waals surface area contributed by atoms with E-state index in [0.29, 0.717) is 0 Å². The largest absolute Gasteiger partial charge is 0.386 e. The van der Waals surface area contributed by atoms with E-state index in [1.807, 2.05) is 0 Å². The summed E-state index contributed by atoms with van der Waals surface area (Å²) >= 11 is 0. The van der Waals surface area contributed by atoms with Gasteiger partial charge in [0.2, 0.25) is 5.91 Å². The van der Waals surface area contributed by atoms with Crippen LogP contribution in [0.15, 0.2) is 23.1 Å². The summed E-state index contributed by atoms with van der Waals surface area (Å²) in [6, 6.07) is 3.23. The van der Waals surface area contributed by atoms with Gasteiger partial charge in [0, 0.05) is 0 Å². The molecule has 0 aliphatic rings. The molecule has 0 aliphatic carbocycles. The zero-order valence-corrected chi connectivity index (χ0v) is 10.8. The highest BCUT2D eigenvalue weighted by Crippen LogP contribution is 2.24. The Hall–Kier alpha value is -1.47. The predicted octanol–water partition coefficient (Wildman–Crippen LogP) is 0.312. The molecule has 0 aromatic heterocycles. The summed E-state index contributed by atoms with van der Waals surface area (Å²) in [6.45, 7) is 2.89. The van der Waals surface area contributed by atoms with E-state index >= 15 is 0 Å². The number of amides is 1. The lowest BCUT2D eigenvalue weighted by Gasteiger charge is -2.18. The smallest absolute Gasteiger partial charge is 0.233 e. The molecule has 0 radical (unpaired) electrons. The molecule has 0 unspecified atom stereocenters. The van der Waals surface area contributed by atoms with Crippen LogP contribution in [0.4, 0.5) is 4.39 Å². The number of aliphatic hydroxyl groups is 1. The van der Waals surface area contributed by atoms with Crippen LogP contribution in [0.1, 0.15) is 19.4 Å². The van der Waals surface area contributed by atoms with Crippen molar-refractivity contribution in [1.29, 1.82) is 0 Å². The average Bonchev–Trinajstić information content (AvgIpc) is 2.13. The van der Waals surface area contributed by atoms with Crippen molar-refractivity contribution >= 4 is 15.7 Å². The van der Waals surface area contributed by atoms with E-state index in [2.05, 4.69) is 0 Å². The van der Waals surface area contributed by atoms with Crippen LogP contribution in [0.5, 0.6) is 0 Å². The summed E-state index contributed by atoms with van der Waals surface area (Å²) in [6.07, 6.45) is 0. The van der Waals surface area contributed by atoms with E-state index < -0.39 is 37.8 Å². The summed E-state index contributed by atoms with van der Waals surface area (Å²) in [5.74, 6) is -3.02. The van der Waals surface area contributed by atoms with Crippen LogP contribution in [0.25, 0.3) is 0 Å². The van der Waals surface area contributed by atoms with E-state index in [4.69, 9.17) is 5.73 Å². The lowest BCUT2D eigenvalue weighted by Crippen LogP contribution is -2.24. The molecule has 100 valence electrons. The summed E-state index contributed by atoms with van der Waals surface area (Å²) in [4.78, 5) is 10.0. The lowest BCUT2D eigenvalue weighted by atomic mass is 9.99. The van der Waals surface area contributed by atoms with Gasteiger partial charge in [0.1, 0.15) is 16.5 Å². The fourth-order valence-electron chi connectivity index (χ4n) is 1.40. The Morgan fingerprint density at radius 1 is 1.44 bits per heavy atom. The zero-order chi connectivity index (χ0) is 14.1. The van der Waals surface area contributed by atoms with Gasteiger partial charge < -0.3 is 10.8 Å². The molecule has 1 amide bonds. The van der Waals surface area contributed by atoms with Gasteiger partial charge in [-0.05, 0) is 31.5 Å². The molecule has 0 fully saturated rings. The van der Waals surface area contributed by atoms with Crippen molar-refractivity contribution in [3.63, 3.8) is 0 Å². The molecule has 7 heteroatoms. The van der Waals surface area contributed by atoms with Crippen LogP contribution in [0, 0.1) is 5.82 Å². The van der Waals surface area contributed by atoms with Crippen molar-refractivity contribution in [2.45, 2.75) is 24.3 Å². The minimum absolute atomic E-state index is 0.234. The van der Waals surface area contributed by atoms with Crippen LogP contribution in [-0.2, 0) is 20.2 Å². The second kappa shape index (κ2) is 4.66. The summed E-state index contributed by atoms with van der Waals surface area (Å²) in [5, 5.41) is 9.66. The van der Waals surface area contributed by atoms with Crippen LogP contribution in [-0.4, -0.2) is 25.2 Å². The summed E-state index contributed by atoms with van der Waals surface area (Å²) < 4.78 is 36.9. The van der Waals surface area contributed by atoms with Gasteiger partial charge in [-0.25, -0.2) is 12.8 Å². The molecule has 0 aliphatic heterocycles. The highest BCUT2D eigenvalue weighted by molar-refractivity contribution is 7.92. The highest BCUT2D eigenvalue weighted by Gasteiger charge is 2.24. The second-order valence-corrected chi connectivity index (χ2v) is 6.39. The molecule has 1 aromatic carbocycles. The van der Waals surface area contributed by atoms with Crippen molar-refractivity contribution in [3.05, 3.63) is 29.6 Å². The number of benzene rings is 1. The summed E-state index contributed by atoms with van der Waals surface area (Å²) in [7, 11) is -4.08. The second-order valence-electron chi connectivity index (χ2n) is 4.43. The lowest BCUT2D eigenvalue weighted by molar-refractivity contribution is -0.115. The van der Waals surface area contributed by atoms with Gasteiger partial charge in [0.25, 0.3) is 0 Å². The molecule has 0 saturated heterocycles. The number of sulfone groups is 1. The molecule has 18 heavy (non-hydrogen) atoms. The third-order valence-electron chi connectivity index (χ3n) is 2.31. The molecule has 0 bridgehead atoms. The number of primary amides is 1. The van der Waals surface area contributed by atoms with Crippen molar-refractivity contribution in [2.24, 2.45) is 5.73 Å². The standard InChI is InChI=1S/C11H14FNO4S/c1-11(2,15)7-3-4-9(8(12)5-7)18(16,17)6-10(13)14/h3-5,15H,6H2,1-2H3,(H2,13,14). The normalized spacial score (nSPS) is 12.4. The first-order valence-electron chi connectivity index (χ1n) is 5.07. The zero-order valence-electron chi connectivity index (χ0n) is 9.97. The Labute approximate surface area is 104 Å². The van der Waals surface area contributed by atoms with E-state index in [1.165, 1.54) is 19.9 Å². The van der Waals surface area contributed by atoms with Crippen LogP contribution in [0.2, 0.25) is 0 Å². The predicted molar refractivity (Wildman–Crippen MR) is 62.9 cm³/mol. The number of carbonyl (C=O) groups excluding carboxylic acids is 1. The number of hydrogen-bond acceptors (Lipinski definition) is 4. The number of carbonyl (C=O) groups is 1. The molecular weight excluding hydrogens is 261 g/mol. The maximum atomic E-state index is 13.7. The molecule has 0 saturated carbocycles. The fraction of sp³-hybridized carbons (Fsp3) is 0.364. The minimum atomic E-state index is -4.08. The Morgan fingerprint density at radius 2 is 2.00 bits per heavy atom. The molecule has 0 atom stereocenters. The monoisotopic (exact) mass is 275 g/mol. The molecule has 0 heterocycles. The van der Waals surface area contributed by atoms with Gasteiger partial charge in [0.15, 0.2) is 9.84 Å². The SMILES string of the molecule is CC(C)(O)c1ccc(S(=O)(=O)CC(N)=O)c(F)c1. The first kappa shape index (κ1) is 14.6. The molecule has 1 rings (SSSR count). The van der Waals surface area contributed by atoms with E-state index in [9.17, 15) is 22.7 Å². The molecular formula is C11H14FNO4S. The average molecular weight is 275 g/mol. The van der Waals surface area contributed by atoms with Gasteiger partial charge in [-0.15, -0.1) is 0 Å². The first-order chi connectivity index (χ1) is 8.04. The van der Waals surface area contributed by atoms with E-state index in [-0.39, 0.29) is 5.56 Å². The topological polar surface area (TPSA) is 97.5 Å². The van der Waals surface area contributed by atoms with Crippen molar-refractivity contribution in [2.75, 3.05) is 5.75 Å². The minimum Gasteiger partial charge on any atom is -0.386 e. The fourth-order valence-corrected chi connectivity index (χ4v) is 2.56. The quantitative estimate of drug-likeness (QED) is 0.826. The summed E-state index contributed by atoms with van der Waals surface area (Å²) in [5.41, 5.74) is 3.73. The van der Waals surface area contributed by atoms with Crippen LogP contribution < -0.4 is 5.73 Å². The third kappa shape index (κ3) is 3.27. The molecule has 1 aromatic rings. The van der Waals surface area contributed by atoms with Gasteiger partial charge in [-0.1, -0.05) is 6.07 Å². The van der Waals surface area contributed by atoms with E-state index in [1.54, 1.807) is 0 Å². The van der Waals surface area contributed by atoms with Gasteiger partial charge in [-0.3, -0.25) is 4.79 Å². The van der Waals surface area contributed by atoms with Crippen molar-refractivity contribution in [1.82, 2.24) is 0 Å². The van der Waals surface area contributed by atoms with Gasteiger partial charge in [0.05, 0.1) is 5.60 Å². The Balaban J connectivity index is 3.26. The number of hydrogen-bond donors (Lipinski definition) is 2. The van der Waals surface area contributed by atoms with Gasteiger partial charge in [-0.2, -0.15) is 0 Å². The maximum absolute atomic E-state index is 13.7. The maximum Gasteiger partial charge on any atom is 0.233 e. The number of rotatable bonds is 4. The molecule has 5 nitrogen and oxygen atoms in total. The van der Waals surface area contributed by atoms with Crippen molar-refractivity contribution < 1.29 is 22.7 Å². The number of halogens is 1. The van der Waals surface area contributed by atoms with Crippen molar-refractivity contribution in [3.8, 4) is 0 Å². The third-order valence-corrected chi connectivity index (χ3v) is 3.97. The first-order valence-corrected chi connectivity index (χ1v) is 6.73. The van der Waals surface area contributed by atoms with E-state index in [0.717, 1.165) is 12.1 Å². The highest BCUT2D eigenvalue weighted by atomic mass is 32.2. The van der Waals surface area contributed by atoms with Crippen LogP contribution in [0.3, 0.4) is 0 Å². The Bertz CT molecular complexity index is 575. The van der Waals surface area contributed by atoms with Crippen LogP contribution >= 0.6 is 0 Å². The Morgan fingerprint density at radius 3 is 2.39 bits per heavy atom. The molecule has 0 spiro atoms. The molecule has 3 N–H and O–H groups in total. The number of nitrogens with two attached hydrogens (primary N) is 1. The van der Waals surface area contributed by atoms with Gasteiger partial charge >= 0.3 is 0 Å². The Kier molecular flexibility index (Phi) is 3.78.